The van der Waals surface area contributed by atoms with Crippen LogP contribution in [0.5, 0.6) is 0 Å². The molecule has 0 fully saturated rings. The Kier molecular flexibility index (Phi) is 6.08. The van der Waals surface area contributed by atoms with Crippen LogP contribution < -0.4 is 11.1 Å². The van der Waals surface area contributed by atoms with Crippen molar-refractivity contribution in [2.24, 2.45) is 5.73 Å². The van der Waals surface area contributed by atoms with E-state index in [4.69, 9.17) is 15.3 Å². The summed E-state index contributed by atoms with van der Waals surface area (Å²) in [5.74, 6) is 0. The third kappa shape index (κ3) is 4.46. The molecule has 0 amide bonds. The summed E-state index contributed by atoms with van der Waals surface area (Å²) in [4.78, 5) is 0. The lowest BCUT2D eigenvalue weighted by molar-refractivity contribution is 0.282. The van der Waals surface area contributed by atoms with E-state index < -0.39 is 0 Å². The Balaban J connectivity index is 2.18. The van der Waals surface area contributed by atoms with Gasteiger partial charge in [0, 0.05) is 24.8 Å². The summed E-state index contributed by atoms with van der Waals surface area (Å²) in [7, 11) is 0. The zero-order valence-corrected chi connectivity index (χ0v) is 8.98. The molecular weight excluding hydrogens is 192 g/mol. The summed E-state index contributed by atoms with van der Waals surface area (Å²) in [5, 5.41) is 12.0. The van der Waals surface area contributed by atoms with Crippen LogP contribution in [0.3, 0.4) is 0 Å². The van der Waals surface area contributed by atoms with Crippen LogP contribution in [0.15, 0.2) is 23.0 Å². The van der Waals surface area contributed by atoms with Crippen LogP contribution in [0.4, 0.5) is 0 Å². The number of nitrogens with two attached hydrogens (primary N) is 1. The molecule has 0 spiro atoms. The molecule has 0 saturated heterocycles. The summed E-state index contributed by atoms with van der Waals surface area (Å²) in [6.07, 6.45) is 6.37. The van der Waals surface area contributed by atoms with E-state index in [-0.39, 0.29) is 12.6 Å². The maximum Gasteiger partial charge on any atom is 0.0950 e. The standard InChI is InChI=1S/C11H20N2O2/c12-8-11(10-4-7-15-9-10)13-5-2-1-3-6-14/h4,7,9,11,13-14H,1-3,5-6,8,12H2. The van der Waals surface area contributed by atoms with Crippen molar-refractivity contribution < 1.29 is 9.52 Å². The van der Waals surface area contributed by atoms with Gasteiger partial charge in [0.2, 0.25) is 0 Å². The lowest BCUT2D eigenvalue weighted by Gasteiger charge is -2.14. The van der Waals surface area contributed by atoms with Gasteiger partial charge in [-0.25, -0.2) is 0 Å². The normalized spacial score (nSPS) is 12.9. The molecule has 4 N–H and O–H groups in total. The predicted molar refractivity (Wildman–Crippen MR) is 59.4 cm³/mol. The summed E-state index contributed by atoms with van der Waals surface area (Å²) < 4.78 is 5.01. The van der Waals surface area contributed by atoms with Crippen molar-refractivity contribution in [2.75, 3.05) is 19.7 Å². The first kappa shape index (κ1) is 12.2. The minimum Gasteiger partial charge on any atom is -0.472 e. The fraction of sp³-hybridized carbons (Fsp3) is 0.636. The van der Waals surface area contributed by atoms with Crippen LogP contribution in [0.1, 0.15) is 30.9 Å². The number of rotatable bonds is 8. The fourth-order valence-corrected chi connectivity index (χ4v) is 1.50. The molecule has 1 aromatic heterocycles. The van der Waals surface area contributed by atoms with E-state index in [0.717, 1.165) is 31.4 Å². The van der Waals surface area contributed by atoms with Gasteiger partial charge in [0.15, 0.2) is 0 Å². The first-order valence-corrected chi connectivity index (χ1v) is 5.45. The zero-order valence-electron chi connectivity index (χ0n) is 8.98. The molecule has 0 saturated carbocycles. The van der Waals surface area contributed by atoms with Crippen molar-refractivity contribution in [3.05, 3.63) is 24.2 Å². The monoisotopic (exact) mass is 212 g/mol. The fourth-order valence-electron chi connectivity index (χ4n) is 1.50. The van der Waals surface area contributed by atoms with E-state index in [1.54, 1.807) is 12.5 Å². The Labute approximate surface area is 90.5 Å². The molecule has 1 atom stereocenters. The smallest absolute Gasteiger partial charge is 0.0950 e. The second kappa shape index (κ2) is 7.45. The van der Waals surface area contributed by atoms with E-state index in [0.29, 0.717) is 6.54 Å². The molecular formula is C11H20N2O2. The molecule has 0 aliphatic rings. The molecule has 0 aromatic carbocycles. The molecule has 0 aliphatic heterocycles. The Bertz CT molecular complexity index is 237. The highest BCUT2D eigenvalue weighted by atomic mass is 16.3. The summed E-state index contributed by atoms with van der Waals surface area (Å²) >= 11 is 0. The summed E-state index contributed by atoms with van der Waals surface area (Å²) in [5.41, 5.74) is 6.76. The van der Waals surface area contributed by atoms with Crippen molar-refractivity contribution in [1.29, 1.82) is 0 Å². The van der Waals surface area contributed by atoms with Crippen molar-refractivity contribution in [3.63, 3.8) is 0 Å². The van der Waals surface area contributed by atoms with Gasteiger partial charge in [0.05, 0.1) is 12.5 Å². The third-order valence-electron chi connectivity index (χ3n) is 2.41. The molecule has 1 rings (SSSR count). The Morgan fingerprint density at radius 2 is 2.27 bits per heavy atom. The van der Waals surface area contributed by atoms with Gasteiger partial charge in [-0.3, -0.25) is 0 Å². The molecule has 15 heavy (non-hydrogen) atoms. The largest absolute Gasteiger partial charge is 0.472 e. The van der Waals surface area contributed by atoms with E-state index in [2.05, 4.69) is 5.32 Å². The van der Waals surface area contributed by atoms with Gasteiger partial charge in [-0.2, -0.15) is 0 Å². The number of hydrogen-bond donors (Lipinski definition) is 3. The van der Waals surface area contributed by atoms with Gasteiger partial charge in [-0.1, -0.05) is 0 Å². The Morgan fingerprint density at radius 3 is 2.87 bits per heavy atom. The van der Waals surface area contributed by atoms with E-state index >= 15 is 0 Å². The zero-order chi connectivity index (χ0) is 10.9. The van der Waals surface area contributed by atoms with Crippen LogP contribution in [0.25, 0.3) is 0 Å². The topological polar surface area (TPSA) is 71.4 Å². The molecule has 4 heteroatoms. The first-order valence-electron chi connectivity index (χ1n) is 5.45. The molecule has 0 radical (unpaired) electrons. The van der Waals surface area contributed by atoms with Crippen LogP contribution in [0, 0.1) is 0 Å². The quantitative estimate of drug-likeness (QED) is 0.563. The number of aliphatic hydroxyl groups excluding tert-OH is 1. The molecule has 0 bridgehead atoms. The van der Waals surface area contributed by atoms with E-state index in [1.165, 1.54) is 0 Å². The second-order valence-corrected chi connectivity index (χ2v) is 3.58. The highest BCUT2D eigenvalue weighted by Crippen LogP contribution is 2.11. The Hall–Kier alpha value is -0.840. The van der Waals surface area contributed by atoms with Crippen LogP contribution in [-0.2, 0) is 0 Å². The third-order valence-corrected chi connectivity index (χ3v) is 2.41. The van der Waals surface area contributed by atoms with Gasteiger partial charge < -0.3 is 20.6 Å². The highest BCUT2D eigenvalue weighted by molar-refractivity contribution is 5.11. The summed E-state index contributed by atoms with van der Waals surface area (Å²) in [6.45, 7) is 1.77. The minimum absolute atomic E-state index is 0.179. The van der Waals surface area contributed by atoms with E-state index in [9.17, 15) is 0 Å². The highest BCUT2D eigenvalue weighted by Gasteiger charge is 2.08. The van der Waals surface area contributed by atoms with Crippen LogP contribution in [0.2, 0.25) is 0 Å². The number of furan rings is 1. The average Bonchev–Trinajstić information content (AvgIpc) is 2.77. The molecule has 1 aromatic rings. The van der Waals surface area contributed by atoms with E-state index in [1.807, 2.05) is 6.07 Å². The summed E-state index contributed by atoms with van der Waals surface area (Å²) in [6, 6.07) is 2.11. The SMILES string of the molecule is NCC(NCCCCCO)c1ccoc1. The maximum absolute atomic E-state index is 8.62. The predicted octanol–water partition coefficient (Wildman–Crippen LogP) is 1.03. The first-order chi connectivity index (χ1) is 7.38. The van der Waals surface area contributed by atoms with Crippen LogP contribution >= 0.6 is 0 Å². The molecule has 86 valence electrons. The van der Waals surface area contributed by atoms with Crippen molar-refractivity contribution in [3.8, 4) is 0 Å². The van der Waals surface area contributed by atoms with Gasteiger partial charge in [-0.05, 0) is 31.9 Å². The number of aliphatic hydroxyl groups is 1. The number of unbranched alkanes of at least 4 members (excludes halogenated alkanes) is 2. The molecule has 1 unspecified atom stereocenters. The Morgan fingerprint density at radius 1 is 1.40 bits per heavy atom. The number of nitrogens with one attached hydrogen (secondary N) is 1. The van der Waals surface area contributed by atoms with Gasteiger partial charge in [-0.15, -0.1) is 0 Å². The molecule has 4 nitrogen and oxygen atoms in total. The van der Waals surface area contributed by atoms with Gasteiger partial charge in [0.25, 0.3) is 0 Å². The van der Waals surface area contributed by atoms with Crippen molar-refractivity contribution in [1.82, 2.24) is 5.32 Å². The second-order valence-electron chi connectivity index (χ2n) is 3.58. The van der Waals surface area contributed by atoms with Crippen molar-refractivity contribution in [2.45, 2.75) is 25.3 Å². The maximum atomic E-state index is 8.62. The lowest BCUT2D eigenvalue weighted by Crippen LogP contribution is -2.28. The average molecular weight is 212 g/mol. The lowest BCUT2D eigenvalue weighted by atomic mass is 10.1. The van der Waals surface area contributed by atoms with Crippen molar-refractivity contribution >= 4 is 0 Å². The molecule has 1 heterocycles. The molecule has 0 aliphatic carbocycles. The number of hydrogen-bond acceptors (Lipinski definition) is 4. The minimum atomic E-state index is 0.179. The van der Waals surface area contributed by atoms with Crippen LogP contribution in [-0.4, -0.2) is 24.8 Å². The van der Waals surface area contributed by atoms with Gasteiger partial charge >= 0.3 is 0 Å². The van der Waals surface area contributed by atoms with Gasteiger partial charge in [0.1, 0.15) is 0 Å².